The molecule has 0 amide bonds. The zero-order valence-electron chi connectivity index (χ0n) is 10.8. The van der Waals surface area contributed by atoms with Crippen molar-refractivity contribution in [3.05, 3.63) is 21.9 Å². The van der Waals surface area contributed by atoms with Crippen molar-refractivity contribution >= 4 is 45.2 Å². The largest absolute Gasteiger partial charge is 0.379 e. The van der Waals surface area contributed by atoms with E-state index in [9.17, 15) is 0 Å². The molecule has 0 bridgehead atoms. The van der Waals surface area contributed by atoms with E-state index in [2.05, 4.69) is 27.4 Å². The van der Waals surface area contributed by atoms with E-state index in [4.69, 9.17) is 5.73 Å². The number of hydrogen-bond acceptors (Lipinski definition) is 5. The van der Waals surface area contributed by atoms with Crippen LogP contribution in [0, 0.1) is 0 Å². The second-order valence-electron chi connectivity index (χ2n) is 3.29. The van der Waals surface area contributed by atoms with Crippen molar-refractivity contribution in [3.63, 3.8) is 0 Å². The fraction of sp³-hybridized carbons (Fsp3) is 0.455. The normalized spacial score (nSPS) is 12.8. The van der Waals surface area contributed by atoms with Gasteiger partial charge in [0.1, 0.15) is 0 Å². The molecule has 4 nitrogen and oxygen atoms in total. The molecule has 100 valence electrons. The smallest absolute Gasteiger partial charge is 0.156 e. The molecule has 18 heavy (non-hydrogen) atoms. The van der Waals surface area contributed by atoms with Crippen LogP contribution in [0.15, 0.2) is 22.1 Å². The van der Waals surface area contributed by atoms with Gasteiger partial charge in [0.2, 0.25) is 0 Å². The van der Waals surface area contributed by atoms with Crippen molar-refractivity contribution in [1.29, 1.82) is 0 Å². The lowest BCUT2D eigenvalue weighted by molar-refractivity contribution is 1.18. The molecule has 0 fully saturated rings. The summed E-state index contributed by atoms with van der Waals surface area (Å²) >= 11 is 5.10. The minimum absolute atomic E-state index is 0.634. The second-order valence-corrected chi connectivity index (χ2v) is 6.50. The summed E-state index contributed by atoms with van der Waals surface area (Å²) in [7, 11) is 5.39. The Kier molecular flexibility index (Phi) is 7.22. The van der Waals surface area contributed by atoms with Gasteiger partial charge in [0.15, 0.2) is 10.3 Å². The van der Waals surface area contributed by atoms with Gasteiger partial charge in [-0.2, -0.15) is 0 Å². The lowest BCUT2D eigenvalue weighted by atomic mass is 10.5. The lowest BCUT2D eigenvalue weighted by Crippen LogP contribution is -2.13. The van der Waals surface area contributed by atoms with Crippen LogP contribution in [0.1, 0.15) is 9.75 Å². The SMILES string of the molecule is CN=C(N)SCc1ccc(CSC(=NC)NC)s1. The maximum absolute atomic E-state index is 5.65. The van der Waals surface area contributed by atoms with Crippen molar-refractivity contribution in [3.8, 4) is 0 Å². The Hall–Kier alpha value is -0.660. The highest BCUT2D eigenvalue weighted by molar-refractivity contribution is 8.13. The van der Waals surface area contributed by atoms with Crippen LogP contribution in [0.4, 0.5) is 0 Å². The molecule has 0 aliphatic carbocycles. The van der Waals surface area contributed by atoms with E-state index in [0.717, 1.165) is 16.7 Å². The molecule has 3 N–H and O–H groups in total. The molecule has 0 saturated carbocycles. The minimum Gasteiger partial charge on any atom is -0.379 e. The van der Waals surface area contributed by atoms with E-state index in [1.165, 1.54) is 9.75 Å². The average Bonchev–Trinajstić information content (AvgIpc) is 2.85. The third-order valence-electron chi connectivity index (χ3n) is 2.07. The zero-order chi connectivity index (χ0) is 13.4. The third kappa shape index (κ3) is 5.32. The molecule has 0 aliphatic rings. The van der Waals surface area contributed by atoms with E-state index in [1.807, 2.05) is 18.4 Å². The molecule has 0 unspecified atom stereocenters. The molecule has 0 aliphatic heterocycles. The first-order chi connectivity index (χ1) is 8.69. The monoisotopic (exact) mass is 302 g/mol. The van der Waals surface area contributed by atoms with Crippen LogP contribution in [0.2, 0.25) is 0 Å². The van der Waals surface area contributed by atoms with Crippen LogP contribution in [0.25, 0.3) is 0 Å². The molecule has 1 aromatic rings. The molecule has 1 heterocycles. The lowest BCUT2D eigenvalue weighted by Gasteiger charge is -2.02. The molecule has 7 heteroatoms. The molecule has 0 atom stereocenters. The summed E-state index contributed by atoms with van der Waals surface area (Å²) in [6.07, 6.45) is 0. The molecule has 0 aromatic carbocycles. The standard InChI is InChI=1S/C11H18N4S3/c1-13-10(12)16-6-8-4-5-9(18-8)7-17-11(14-2)15-3/h4-5H,6-7H2,1-3H3,(H2,12,13)(H,14,15). The van der Waals surface area contributed by atoms with Crippen LogP contribution >= 0.6 is 34.9 Å². The van der Waals surface area contributed by atoms with Crippen LogP contribution in [-0.2, 0) is 11.5 Å². The number of amidine groups is 2. The molecule has 1 rings (SSSR count). The van der Waals surface area contributed by atoms with Crippen LogP contribution in [0.5, 0.6) is 0 Å². The Morgan fingerprint density at radius 3 is 2.33 bits per heavy atom. The number of thiophene rings is 1. The van der Waals surface area contributed by atoms with Crippen molar-refractivity contribution < 1.29 is 0 Å². The van der Waals surface area contributed by atoms with Crippen molar-refractivity contribution in [2.45, 2.75) is 11.5 Å². The second kappa shape index (κ2) is 8.44. The number of nitrogens with zero attached hydrogens (tertiary/aromatic N) is 2. The summed E-state index contributed by atoms with van der Waals surface area (Å²) in [4.78, 5) is 10.7. The third-order valence-corrected chi connectivity index (χ3v) is 5.57. The van der Waals surface area contributed by atoms with E-state index in [1.54, 1.807) is 37.6 Å². The van der Waals surface area contributed by atoms with E-state index < -0.39 is 0 Å². The van der Waals surface area contributed by atoms with Gasteiger partial charge < -0.3 is 11.1 Å². The quantitative estimate of drug-likeness (QED) is 0.662. The number of nitrogens with two attached hydrogens (primary N) is 1. The molecular weight excluding hydrogens is 284 g/mol. The van der Waals surface area contributed by atoms with Crippen LogP contribution < -0.4 is 11.1 Å². The van der Waals surface area contributed by atoms with Crippen molar-refractivity contribution in [1.82, 2.24) is 5.32 Å². The van der Waals surface area contributed by atoms with Crippen molar-refractivity contribution in [2.24, 2.45) is 15.7 Å². The van der Waals surface area contributed by atoms with E-state index >= 15 is 0 Å². The van der Waals surface area contributed by atoms with Crippen LogP contribution in [0.3, 0.4) is 0 Å². The van der Waals surface area contributed by atoms with Crippen molar-refractivity contribution in [2.75, 3.05) is 21.1 Å². The predicted octanol–water partition coefficient (Wildman–Crippen LogP) is 2.36. The van der Waals surface area contributed by atoms with Gasteiger partial charge in [0.05, 0.1) is 0 Å². The minimum atomic E-state index is 0.634. The Morgan fingerprint density at radius 1 is 1.22 bits per heavy atom. The summed E-state index contributed by atoms with van der Waals surface area (Å²) < 4.78 is 0. The van der Waals surface area contributed by atoms with Gasteiger partial charge in [-0.1, -0.05) is 23.5 Å². The van der Waals surface area contributed by atoms with Gasteiger partial charge in [-0.05, 0) is 12.1 Å². The number of thioether (sulfide) groups is 2. The van der Waals surface area contributed by atoms with Gasteiger partial charge in [0.25, 0.3) is 0 Å². The maximum Gasteiger partial charge on any atom is 0.156 e. The van der Waals surface area contributed by atoms with Gasteiger partial charge >= 0.3 is 0 Å². The number of aliphatic imine (C=N–C) groups is 2. The Labute approximate surface area is 121 Å². The first-order valence-electron chi connectivity index (χ1n) is 5.39. The zero-order valence-corrected chi connectivity index (χ0v) is 13.2. The van der Waals surface area contributed by atoms with Gasteiger partial charge in [-0.25, -0.2) is 0 Å². The molecule has 1 aromatic heterocycles. The number of nitrogens with one attached hydrogen (secondary N) is 1. The van der Waals surface area contributed by atoms with E-state index in [0.29, 0.717) is 5.17 Å². The maximum atomic E-state index is 5.65. The first-order valence-corrected chi connectivity index (χ1v) is 8.18. The molecular formula is C11H18N4S3. The summed E-state index contributed by atoms with van der Waals surface area (Å²) in [5.41, 5.74) is 5.65. The number of rotatable bonds is 4. The summed E-state index contributed by atoms with van der Waals surface area (Å²) in [6, 6.07) is 4.31. The van der Waals surface area contributed by atoms with E-state index in [-0.39, 0.29) is 0 Å². The predicted molar refractivity (Wildman–Crippen MR) is 86.9 cm³/mol. The van der Waals surface area contributed by atoms with Gasteiger partial charge in [-0.15, -0.1) is 11.3 Å². The van der Waals surface area contributed by atoms with Crippen LogP contribution in [-0.4, -0.2) is 31.5 Å². The fourth-order valence-corrected chi connectivity index (χ4v) is 3.77. The topological polar surface area (TPSA) is 62.8 Å². The summed E-state index contributed by atoms with van der Waals surface area (Å²) in [5, 5.41) is 4.65. The highest BCUT2D eigenvalue weighted by Crippen LogP contribution is 2.25. The Morgan fingerprint density at radius 2 is 1.83 bits per heavy atom. The Bertz CT molecular complexity index is 426. The molecule has 0 radical (unpaired) electrons. The highest BCUT2D eigenvalue weighted by atomic mass is 32.2. The first kappa shape index (κ1) is 15.4. The Balaban J connectivity index is 2.43. The van der Waals surface area contributed by atoms with Gasteiger partial charge in [0, 0.05) is 42.4 Å². The highest BCUT2D eigenvalue weighted by Gasteiger charge is 2.03. The number of hydrogen-bond donors (Lipinski definition) is 2. The summed E-state index contributed by atoms with van der Waals surface area (Å²) in [6.45, 7) is 0. The summed E-state index contributed by atoms with van der Waals surface area (Å²) in [5.74, 6) is 1.83. The fourth-order valence-electron chi connectivity index (χ4n) is 1.18. The average molecular weight is 302 g/mol. The molecule has 0 spiro atoms. The molecule has 0 saturated heterocycles. The van der Waals surface area contributed by atoms with Gasteiger partial charge in [-0.3, -0.25) is 9.98 Å².